The van der Waals surface area contributed by atoms with Crippen molar-refractivity contribution in [2.75, 3.05) is 19.6 Å². The van der Waals surface area contributed by atoms with Crippen LogP contribution in [0.25, 0.3) is 0 Å². The molecule has 0 aliphatic carbocycles. The van der Waals surface area contributed by atoms with E-state index in [1.165, 1.54) is 0 Å². The maximum Gasteiger partial charge on any atom is 0.246 e. The first-order valence-electron chi connectivity index (χ1n) is 13.5. The highest BCUT2D eigenvalue weighted by molar-refractivity contribution is 6.00. The lowest BCUT2D eigenvalue weighted by Crippen LogP contribution is -2.73. The van der Waals surface area contributed by atoms with Crippen LogP contribution in [0.5, 0.6) is 11.6 Å². The number of piperidine rings is 1. The number of pyridine rings is 1. The summed E-state index contributed by atoms with van der Waals surface area (Å²) in [5, 5.41) is 12.2. The molecule has 2 saturated heterocycles. The number of carbonyl (C=O) groups is 2. The van der Waals surface area contributed by atoms with Crippen molar-refractivity contribution in [1.29, 1.82) is 0 Å². The standard InChI is InChI=1S/C29H40N4O4/c1-4-5-14-33-27(35)25(17-21(2)3)31-28(36)29(33)12-15-32(16-13-29)19-23-8-11-26(30-18-23)37-24-9-6-22(20-34)7-10-24/h6-11,18,21,25,34H,4-5,12-17,19-20H2,1-3H3,(H,31,36)/t25-/m0/s1. The van der Waals surface area contributed by atoms with Crippen molar-refractivity contribution in [3.63, 3.8) is 0 Å². The normalized spacial score (nSPS) is 19.9. The van der Waals surface area contributed by atoms with Crippen LogP contribution in [0.2, 0.25) is 0 Å². The molecule has 1 spiro atoms. The van der Waals surface area contributed by atoms with Crippen LogP contribution in [-0.4, -0.2) is 62.9 Å². The third kappa shape index (κ3) is 6.30. The molecule has 2 aliphatic heterocycles. The molecule has 0 unspecified atom stereocenters. The number of ether oxygens (including phenoxy) is 1. The molecule has 1 atom stereocenters. The maximum atomic E-state index is 13.4. The summed E-state index contributed by atoms with van der Waals surface area (Å²) in [6.45, 7) is 9.15. The predicted octanol–water partition coefficient (Wildman–Crippen LogP) is 3.87. The summed E-state index contributed by atoms with van der Waals surface area (Å²) in [4.78, 5) is 35.5. The van der Waals surface area contributed by atoms with Crippen LogP contribution in [0, 0.1) is 5.92 Å². The summed E-state index contributed by atoms with van der Waals surface area (Å²) < 4.78 is 5.81. The highest BCUT2D eigenvalue weighted by atomic mass is 16.5. The average molecular weight is 509 g/mol. The number of piperazine rings is 1. The van der Waals surface area contributed by atoms with Crippen molar-refractivity contribution in [2.24, 2.45) is 5.92 Å². The molecule has 0 radical (unpaired) electrons. The number of rotatable bonds is 10. The van der Waals surface area contributed by atoms with E-state index in [4.69, 9.17) is 4.74 Å². The molecule has 0 bridgehead atoms. The summed E-state index contributed by atoms with van der Waals surface area (Å²) >= 11 is 0. The topological polar surface area (TPSA) is 95.0 Å². The van der Waals surface area contributed by atoms with Crippen molar-refractivity contribution < 1.29 is 19.4 Å². The number of aromatic nitrogens is 1. The minimum Gasteiger partial charge on any atom is -0.439 e. The Hall–Kier alpha value is -2.97. The number of amides is 2. The SMILES string of the molecule is CCCCN1C(=O)[C@H](CC(C)C)NC(=O)C12CCN(Cc1ccc(Oc3ccc(CO)cc3)nc1)CC2. The molecule has 4 rings (SSSR count). The van der Waals surface area contributed by atoms with Gasteiger partial charge < -0.3 is 20.1 Å². The molecule has 2 aliphatic rings. The molecule has 1 aromatic heterocycles. The van der Waals surface area contributed by atoms with E-state index in [2.05, 4.69) is 36.0 Å². The number of likely N-dealkylation sites (tertiary alicyclic amines) is 1. The highest BCUT2D eigenvalue weighted by Crippen LogP contribution is 2.34. The van der Waals surface area contributed by atoms with Crippen LogP contribution in [-0.2, 0) is 22.7 Å². The maximum absolute atomic E-state index is 13.4. The van der Waals surface area contributed by atoms with Gasteiger partial charge in [0.1, 0.15) is 17.3 Å². The van der Waals surface area contributed by atoms with Crippen molar-refractivity contribution in [3.05, 3.63) is 53.7 Å². The Kier molecular flexibility index (Phi) is 8.82. The van der Waals surface area contributed by atoms with E-state index in [1.54, 1.807) is 0 Å². The number of nitrogens with zero attached hydrogens (tertiary/aromatic N) is 3. The molecule has 37 heavy (non-hydrogen) atoms. The van der Waals surface area contributed by atoms with E-state index in [9.17, 15) is 14.7 Å². The van der Waals surface area contributed by atoms with Crippen LogP contribution in [0.3, 0.4) is 0 Å². The molecular formula is C29H40N4O4. The second kappa shape index (κ2) is 12.0. The van der Waals surface area contributed by atoms with Crippen LogP contribution in [0.4, 0.5) is 0 Å². The number of hydrogen-bond donors (Lipinski definition) is 2. The summed E-state index contributed by atoms with van der Waals surface area (Å²) in [6, 6.07) is 10.7. The Morgan fingerprint density at radius 1 is 1.11 bits per heavy atom. The fourth-order valence-corrected chi connectivity index (χ4v) is 5.33. The molecule has 0 saturated carbocycles. The van der Waals surface area contributed by atoms with Gasteiger partial charge in [-0.1, -0.05) is 45.4 Å². The van der Waals surface area contributed by atoms with E-state index < -0.39 is 11.6 Å². The highest BCUT2D eigenvalue weighted by Gasteiger charge is 2.53. The summed E-state index contributed by atoms with van der Waals surface area (Å²) in [6.07, 6.45) is 5.68. The first kappa shape index (κ1) is 27.1. The Labute approximate surface area is 220 Å². The fraction of sp³-hybridized carbons (Fsp3) is 0.552. The zero-order valence-corrected chi connectivity index (χ0v) is 22.3. The Balaban J connectivity index is 1.37. The summed E-state index contributed by atoms with van der Waals surface area (Å²) in [5.74, 6) is 1.63. The van der Waals surface area contributed by atoms with Gasteiger partial charge in [0.15, 0.2) is 0 Å². The minimum atomic E-state index is -0.738. The number of hydrogen-bond acceptors (Lipinski definition) is 6. The van der Waals surface area contributed by atoms with Gasteiger partial charge in [-0.05, 0) is 54.9 Å². The van der Waals surface area contributed by atoms with Gasteiger partial charge in [-0.15, -0.1) is 0 Å². The van der Waals surface area contributed by atoms with E-state index in [-0.39, 0.29) is 18.4 Å². The van der Waals surface area contributed by atoms with Gasteiger partial charge in [-0.25, -0.2) is 4.98 Å². The number of aliphatic hydroxyl groups excluding tert-OH is 1. The van der Waals surface area contributed by atoms with Crippen molar-refractivity contribution in [1.82, 2.24) is 20.1 Å². The number of benzene rings is 1. The molecule has 8 nitrogen and oxygen atoms in total. The average Bonchev–Trinajstić information content (AvgIpc) is 2.90. The first-order valence-corrected chi connectivity index (χ1v) is 13.5. The van der Waals surface area contributed by atoms with Gasteiger partial charge in [-0.2, -0.15) is 0 Å². The number of unbranched alkanes of at least 4 members (excludes halogenated alkanes) is 1. The Morgan fingerprint density at radius 2 is 1.81 bits per heavy atom. The molecular weight excluding hydrogens is 468 g/mol. The van der Waals surface area contributed by atoms with Gasteiger partial charge in [-0.3, -0.25) is 14.5 Å². The van der Waals surface area contributed by atoms with Crippen LogP contribution in [0.1, 0.15) is 64.0 Å². The second-order valence-corrected chi connectivity index (χ2v) is 10.7. The smallest absolute Gasteiger partial charge is 0.246 e. The van der Waals surface area contributed by atoms with Crippen LogP contribution >= 0.6 is 0 Å². The minimum absolute atomic E-state index is 0.00124. The van der Waals surface area contributed by atoms with Gasteiger partial charge in [0.25, 0.3) is 0 Å². The lowest BCUT2D eigenvalue weighted by atomic mass is 9.80. The monoisotopic (exact) mass is 508 g/mol. The van der Waals surface area contributed by atoms with Crippen molar-refractivity contribution >= 4 is 11.8 Å². The third-order valence-electron chi connectivity index (χ3n) is 7.47. The molecule has 1 aromatic carbocycles. The van der Waals surface area contributed by atoms with E-state index in [0.717, 1.165) is 43.6 Å². The number of aliphatic hydroxyl groups is 1. The lowest BCUT2D eigenvalue weighted by Gasteiger charge is -2.52. The lowest BCUT2D eigenvalue weighted by molar-refractivity contribution is -0.161. The molecule has 3 heterocycles. The molecule has 2 fully saturated rings. The van der Waals surface area contributed by atoms with Gasteiger partial charge in [0, 0.05) is 38.4 Å². The number of carbonyl (C=O) groups excluding carboxylic acids is 2. The van der Waals surface area contributed by atoms with Gasteiger partial charge in [0.2, 0.25) is 17.7 Å². The Bertz CT molecular complexity index is 1050. The first-order chi connectivity index (χ1) is 17.8. The Morgan fingerprint density at radius 3 is 2.41 bits per heavy atom. The molecule has 2 amide bonds. The zero-order valence-electron chi connectivity index (χ0n) is 22.3. The van der Waals surface area contributed by atoms with E-state index in [1.807, 2.05) is 47.5 Å². The van der Waals surface area contributed by atoms with Crippen LogP contribution < -0.4 is 10.1 Å². The van der Waals surface area contributed by atoms with Crippen molar-refractivity contribution in [3.8, 4) is 11.6 Å². The van der Waals surface area contributed by atoms with E-state index in [0.29, 0.717) is 43.4 Å². The van der Waals surface area contributed by atoms with Crippen LogP contribution in [0.15, 0.2) is 42.6 Å². The van der Waals surface area contributed by atoms with Crippen molar-refractivity contribution in [2.45, 2.75) is 77.6 Å². The second-order valence-electron chi connectivity index (χ2n) is 10.7. The molecule has 8 heteroatoms. The summed E-state index contributed by atoms with van der Waals surface area (Å²) in [7, 11) is 0. The predicted molar refractivity (Wildman–Crippen MR) is 142 cm³/mol. The molecule has 2 N–H and O–H groups in total. The van der Waals surface area contributed by atoms with Gasteiger partial charge >= 0.3 is 0 Å². The van der Waals surface area contributed by atoms with E-state index >= 15 is 0 Å². The number of nitrogens with one attached hydrogen (secondary N) is 1. The fourth-order valence-electron chi connectivity index (χ4n) is 5.33. The molecule has 200 valence electrons. The quantitative estimate of drug-likeness (QED) is 0.506. The van der Waals surface area contributed by atoms with Gasteiger partial charge in [0.05, 0.1) is 6.61 Å². The molecule has 2 aromatic rings. The third-order valence-corrected chi connectivity index (χ3v) is 7.47. The summed E-state index contributed by atoms with van der Waals surface area (Å²) in [5.41, 5.74) is 1.17. The zero-order chi connectivity index (χ0) is 26.4. The largest absolute Gasteiger partial charge is 0.439 e.